The first-order valence-corrected chi connectivity index (χ1v) is 7.97. The number of nitrogens with one attached hydrogen (secondary N) is 1. The van der Waals surface area contributed by atoms with Gasteiger partial charge in [-0.15, -0.1) is 23.2 Å². The number of rotatable bonds is 3. The SMILES string of the molecule is Cc1ccc(C)c(NC(=O)[C@H]2[C@H](c3ccccc3)C2(Cl)Cl)c1. The molecular formula is C18H17Cl2NO. The third kappa shape index (κ3) is 2.73. The van der Waals surface area contributed by atoms with E-state index in [1.807, 2.05) is 62.4 Å². The summed E-state index contributed by atoms with van der Waals surface area (Å²) < 4.78 is -1.04. The summed E-state index contributed by atoms with van der Waals surface area (Å²) in [5, 5.41) is 2.96. The number of hydrogen-bond donors (Lipinski definition) is 1. The van der Waals surface area contributed by atoms with Crippen LogP contribution in [0.25, 0.3) is 0 Å². The second-order valence-electron chi connectivity index (χ2n) is 5.85. The Morgan fingerprint density at radius 3 is 2.45 bits per heavy atom. The lowest BCUT2D eigenvalue weighted by molar-refractivity contribution is -0.117. The largest absolute Gasteiger partial charge is 0.325 e. The van der Waals surface area contributed by atoms with E-state index in [4.69, 9.17) is 23.2 Å². The first-order chi connectivity index (χ1) is 10.4. The van der Waals surface area contributed by atoms with Crippen molar-refractivity contribution in [2.75, 3.05) is 5.32 Å². The highest BCUT2D eigenvalue weighted by Crippen LogP contribution is 2.65. The lowest BCUT2D eigenvalue weighted by Crippen LogP contribution is -2.17. The average Bonchev–Trinajstić information content (AvgIpc) is 3.06. The maximum Gasteiger partial charge on any atom is 0.231 e. The number of halogens is 2. The van der Waals surface area contributed by atoms with Gasteiger partial charge in [0.1, 0.15) is 4.33 Å². The Morgan fingerprint density at radius 2 is 1.77 bits per heavy atom. The molecule has 1 fully saturated rings. The van der Waals surface area contributed by atoms with Gasteiger partial charge in [0.2, 0.25) is 5.91 Å². The van der Waals surface area contributed by atoms with Crippen molar-refractivity contribution in [2.24, 2.45) is 5.92 Å². The van der Waals surface area contributed by atoms with Crippen LogP contribution in [0.5, 0.6) is 0 Å². The minimum Gasteiger partial charge on any atom is -0.325 e. The molecular weight excluding hydrogens is 317 g/mol. The number of carbonyl (C=O) groups is 1. The Labute approximate surface area is 140 Å². The fraction of sp³-hybridized carbons (Fsp3) is 0.278. The molecule has 0 aliphatic heterocycles. The highest BCUT2D eigenvalue weighted by molar-refractivity contribution is 6.53. The van der Waals surface area contributed by atoms with Crippen molar-refractivity contribution in [3.05, 3.63) is 65.2 Å². The van der Waals surface area contributed by atoms with Crippen LogP contribution in [0.4, 0.5) is 5.69 Å². The van der Waals surface area contributed by atoms with E-state index in [1.54, 1.807) is 0 Å². The van der Waals surface area contributed by atoms with Gasteiger partial charge in [0.25, 0.3) is 0 Å². The number of benzene rings is 2. The Morgan fingerprint density at radius 1 is 1.09 bits per heavy atom. The standard InChI is InChI=1S/C18H17Cl2NO/c1-11-8-9-12(2)14(10-11)21-17(22)16-15(18(16,19)20)13-6-4-3-5-7-13/h3-10,15-16H,1-2H3,(H,21,22)/t15-,16+/m0/s1. The van der Waals surface area contributed by atoms with Crippen molar-refractivity contribution in [1.82, 2.24) is 0 Å². The normalized spacial score (nSPS) is 22.2. The van der Waals surface area contributed by atoms with Gasteiger partial charge in [0, 0.05) is 11.6 Å². The first-order valence-electron chi connectivity index (χ1n) is 7.22. The first kappa shape index (κ1) is 15.4. The van der Waals surface area contributed by atoms with E-state index in [-0.39, 0.29) is 11.8 Å². The lowest BCUT2D eigenvalue weighted by atomic mass is 10.1. The minimum atomic E-state index is -1.04. The third-order valence-electron chi connectivity index (χ3n) is 4.15. The molecule has 2 atom stereocenters. The van der Waals surface area contributed by atoms with E-state index in [1.165, 1.54) is 0 Å². The second-order valence-corrected chi connectivity index (χ2v) is 7.29. The van der Waals surface area contributed by atoms with Crippen LogP contribution < -0.4 is 5.32 Å². The van der Waals surface area contributed by atoms with Crippen molar-refractivity contribution in [2.45, 2.75) is 24.1 Å². The van der Waals surface area contributed by atoms with Gasteiger partial charge < -0.3 is 5.32 Å². The number of alkyl halides is 2. The molecule has 0 heterocycles. The molecule has 2 nitrogen and oxygen atoms in total. The number of anilines is 1. The number of aryl methyl sites for hydroxylation is 2. The van der Waals surface area contributed by atoms with Crippen molar-refractivity contribution in [3.8, 4) is 0 Å². The topological polar surface area (TPSA) is 29.1 Å². The van der Waals surface area contributed by atoms with Crippen LogP contribution >= 0.6 is 23.2 Å². The van der Waals surface area contributed by atoms with Gasteiger partial charge in [-0.2, -0.15) is 0 Å². The summed E-state index contributed by atoms with van der Waals surface area (Å²) in [7, 11) is 0. The maximum atomic E-state index is 12.6. The molecule has 3 rings (SSSR count). The van der Waals surface area contributed by atoms with Gasteiger partial charge in [0.05, 0.1) is 5.92 Å². The summed E-state index contributed by atoms with van der Waals surface area (Å²) in [5.74, 6) is -0.729. The zero-order valence-electron chi connectivity index (χ0n) is 12.4. The van der Waals surface area contributed by atoms with Crippen LogP contribution in [0.3, 0.4) is 0 Å². The molecule has 0 bridgehead atoms. The van der Waals surface area contributed by atoms with Gasteiger partial charge in [-0.1, -0.05) is 42.5 Å². The lowest BCUT2D eigenvalue weighted by Gasteiger charge is -2.09. The molecule has 22 heavy (non-hydrogen) atoms. The summed E-state index contributed by atoms with van der Waals surface area (Å²) in [6.45, 7) is 3.96. The van der Waals surface area contributed by atoms with Crippen LogP contribution in [0.15, 0.2) is 48.5 Å². The molecule has 4 heteroatoms. The molecule has 0 unspecified atom stereocenters. The zero-order chi connectivity index (χ0) is 15.9. The summed E-state index contributed by atoms with van der Waals surface area (Å²) in [6, 6.07) is 15.7. The molecule has 2 aromatic rings. The maximum absolute atomic E-state index is 12.6. The van der Waals surface area contributed by atoms with Gasteiger partial charge in [0.15, 0.2) is 0 Å². The Balaban J connectivity index is 1.80. The van der Waals surface area contributed by atoms with Gasteiger partial charge in [-0.05, 0) is 36.6 Å². The Bertz CT molecular complexity index is 712. The van der Waals surface area contributed by atoms with Crippen LogP contribution in [0.2, 0.25) is 0 Å². The van der Waals surface area contributed by atoms with Crippen LogP contribution in [0.1, 0.15) is 22.6 Å². The Kier molecular flexibility index (Phi) is 3.92. The van der Waals surface area contributed by atoms with Gasteiger partial charge in [-0.25, -0.2) is 0 Å². The molecule has 0 spiro atoms. The zero-order valence-corrected chi connectivity index (χ0v) is 13.9. The van der Waals surface area contributed by atoms with E-state index < -0.39 is 10.3 Å². The van der Waals surface area contributed by atoms with Crippen molar-refractivity contribution >= 4 is 34.8 Å². The molecule has 1 aliphatic rings. The predicted octanol–water partition coefficient (Wildman–Crippen LogP) is 4.83. The van der Waals surface area contributed by atoms with Crippen LogP contribution in [-0.2, 0) is 4.79 Å². The average molecular weight is 334 g/mol. The molecule has 2 aromatic carbocycles. The highest BCUT2D eigenvalue weighted by Gasteiger charge is 2.67. The van der Waals surface area contributed by atoms with E-state index >= 15 is 0 Å². The quantitative estimate of drug-likeness (QED) is 0.801. The third-order valence-corrected chi connectivity index (χ3v) is 5.09. The molecule has 1 N–H and O–H groups in total. The fourth-order valence-corrected chi connectivity index (χ4v) is 3.64. The number of hydrogen-bond acceptors (Lipinski definition) is 1. The summed E-state index contributed by atoms with van der Waals surface area (Å²) >= 11 is 12.7. The Hall–Kier alpha value is -1.51. The minimum absolute atomic E-state index is 0.132. The van der Waals surface area contributed by atoms with Gasteiger partial charge in [-0.3, -0.25) is 4.79 Å². The van der Waals surface area contributed by atoms with Crippen molar-refractivity contribution < 1.29 is 4.79 Å². The summed E-state index contributed by atoms with van der Waals surface area (Å²) in [4.78, 5) is 12.6. The van der Waals surface area contributed by atoms with E-state index in [9.17, 15) is 4.79 Å². The second kappa shape index (κ2) is 5.60. The van der Waals surface area contributed by atoms with Crippen LogP contribution in [-0.4, -0.2) is 10.2 Å². The number of amides is 1. The van der Waals surface area contributed by atoms with E-state index in [0.717, 1.165) is 22.4 Å². The monoisotopic (exact) mass is 333 g/mol. The molecule has 0 saturated heterocycles. The molecule has 0 aromatic heterocycles. The summed E-state index contributed by atoms with van der Waals surface area (Å²) in [5.41, 5.74) is 3.92. The number of carbonyl (C=O) groups excluding carboxylic acids is 1. The molecule has 114 valence electrons. The van der Waals surface area contributed by atoms with Crippen LogP contribution in [0, 0.1) is 19.8 Å². The molecule has 1 aliphatic carbocycles. The molecule has 1 amide bonds. The predicted molar refractivity (Wildman–Crippen MR) is 91.7 cm³/mol. The van der Waals surface area contributed by atoms with E-state index in [2.05, 4.69) is 5.32 Å². The summed E-state index contributed by atoms with van der Waals surface area (Å²) in [6.07, 6.45) is 0. The fourth-order valence-electron chi connectivity index (χ4n) is 2.81. The van der Waals surface area contributed by atoms with E-state index in [0.29, 0.717) is 0 Å². The molecule has 0 radical (unpaired) electrons. The molecule has 1 saturated carbocycles. The van der Waals surface area contributed by atoms with Crippen molar-refractivity contribution in [1.29, 1.82) is 0 Å². The smallest absolute Gasteiger partial charge is 0.231 e. The van der Waals surface area contributed by atoms with Crippen molar-refractivity contribution in [3.63, 3.8) is 0 Å². The van der Waals surface area contributed by atoms with Gasteiger partial charge >= 0.3 is 0 Å². The highest BCUT2D eigenvalue weighted by atomic mass is 35.5.